The van der Waals surface area contributed by atoms with Crippen LogP contribution in [0.5, 0.6) is 0 Å². The largest absolute Gasteiger partial charge is 0.377 e. The predicted octanol–water partition coefficient (Wildman–Crippen LogP) is 1.75. The Labute approximate surface area is 111 Å². The van der Waals surface area contributed by atoms with Crippen LogP contribution in [0.4, 0.5) is 0 Å². The number of methoxy groups -OCH3 is 1. The van der Waals surface area contributed by atoms with E-state index in [1.807, 2.05) is 0 Å². The van der Waals surface area contributed by atoms with E-state index in [9.17, 15) is 8.42 Å². The van der Waals surface area contributed by atoms with Gasteiger partial charge in [-0.15, -0.1) is 0 Å². The fourth-order valence-corrected chi connectivity index (χ4v) is 3.53. The second-order valence-electron chi connectivity index (χ2n) is 5.40. The van der Waals surface area contributed by atoms with Crippen LogP contribution in [0.3, 0.4) is 0 Å². The summed E-state index contributed by atoms with van der Waals surface area (Å²) in [5.41, 5.74) is -0.153. The molecule has 18 heavy (non-hydrogen) atoms. The van der Waals surface area contributed by atoms with E-state index in [-0.39, 0.29) is 17.4 Å². The SMILES string of the molecule is CCCNC(CCS(C)(=O)=O)C1(OC)CCCC1. The third kappa shape index (κ3) is 4.52. The molecule has 0 aromatic carbocycles. The van der Waals surface area contributed by atoms with Gasteiger partial charge in [0.15, 0.2) is 0 Å². The molecule has 1 N–H and O–H groups in total. The van der Waals surface area contributed by atoms with Gasteiger partial charge in [0.05, 0.1) is 11.4 Å². The van der Waals surface area contributed by atoms with Crippen LogP contribution in [0, 0.1) is 0 Å². The topological polar surface area (TPSA) is 55.4 Å². The molecule has 1 aliphatic rings. The van der Waals surface area contributed by atoms with E-state index in [1.54, 1.807) is 7.11 Å². The van der Waals surface area contributed by atoms with E-state index in [2.05, 4.69) is 12.2 Å². The van der Waals surface area contributed by atoms with Crippen LogP contribution in [-0.2, 0) is 14.6 Å². The number of ether oxygens (including phenoxy) is 1. The van der Waals surface area contributed by atoms with E-state index in [1.165, 1.54) is 19.1 Å². The van der Waals surface area contributed by atoms with Crippen LogP contribution in [-0.4, -0.2) is 45.7 Å². The lowest BCUT2D eigenvalue weighted by Crippen LogP contribution is -2.51. The Bertz CT molecular complexity index is 334. The first-order chi connectivity index (χ1) is 8.43. The van der Waals surface area contributed by atoms with Crippen molar-refractivity contribution in [1.29, 1.82) is 0 Å². The Morgan fingerprint density at radius 3 is 2.39 bits per heavy atom. The number of sulfone groups is 1. The minimum Gasteiger partial charge on any atom is -0.377 e. The molecule has 0 radical (unpaired) electrons. The molecule has 1 unspecified atom stereocenters. The first-order valence-electron chi connectivity index (χ1n) is 6.90. The normalized spacial score (nSPS) is 21.1. The summed E-state index contributed by atoms with van der Waals surface area (Å²) in [6.45, 7) is 3.04. The lowest BCUT2D eigenvalue weighted by Gasteiger charge is -2.37. The van der Waals surface area contributed by atoms with Gasteiger partial charge >= 0.3 is 0 Å². The zero-order valence-electron chi connectivity index (χ0n) is 11.9. The monoisotopic (exact) mass is 277 g/mol. The summed E-state index contributed by atoms with van der Waals surface area (Å²) < 4.78 is 28.5. The zero-order valence-corrected chi connectivity index (χ0v) is 12.7. The molecule has 0 heterocycles. The minimum absolute atomic E-state index is 0.152. The number of rotatable bonds is 8. The summed E-state index contributed by atoms with van der Waals surface area (Å²) >= 11 is 0. The Kier molecular flexibility index (Phi) is 6.08. The summed E-state index contributed by atoms with van der Waals surface area (Å²) in [6.07, 6.45) is 7.43. The molecule has 0 saturated heterocycles. The smallest absolute Gasteiger partial charge is 0.147 e. The van der Waals surface area contributed by atoms with E-state index in [4.69, 9.17) is 4.74 Å². The Morgan fingerprint density at radius 1 is 1.33 bits per heavy atom. The number of hydrogen-bond donors (Lipinski definition) is 1. The molecule has 0 amide bonds. The first-order valence-corrected chi connectivity index (χ1v) is 8.96. The van der Waals surface area contributed by atoms with Crippen LogP contribution >= 0.6 is 0 Å². The van der Waals surface area contributed by atoms with Gasteiger partial charge in [0.25, 0.3) is 0 Å². The van der Waals surface area contributed by atoms with Crippen molar-refractivity contribution in [2.45, 2.75) is 57.1 Å². The Morgan fingerprint density at radius 2 is 1.94 bits per heavy atom. The summed E-state index contributed by atoms with van der Waals surface area (Å²) in [6, 6.07) is 0.152. The van der Waals surface area contributed by atoms with Gasteiger partial charge in [-0.1, -0.05) is 19.8 Å². The van der Waals surface area contributed by atoms with Crippen LogP contribution < -0.4 is 5.32 Å². The van der Waals surface area contributed by atoms with Crippen LogP contribution in [0.1, 0.15) is 45.4 Å². The maximum absolute atomic E-state index is 11.3. The standard InChI is InChI=1S/C13H27NO3S/c1-4-10-14-12(7-11-18(3,15)16)13(17-2)8-5-6-9-13/h12,14H,4-11H2,1-3H3. The van der Waals surface area contributed by atoms with Gasteiger partial charge in [0.2, 0.25) is 0 Å². The maximum atomic E-state index is 11.3. The molecule has 0 spiro atoms. The van der Waals surface area contributed by atoms with Gasteiger partial charge in [-0.3, -0.25) is 0 Å². The van der Waals surface area contributed by atoms with Gasteiger partial charge in [-0.25, -0.2) is 8.42 Å². The lowest BCUT2D eigenvalue weighted by molar-refractivity contribution is -0.0362. The molecule has 108 valence electrons. The Balaban J connectivity index is 2.69. The molecule has 1 atom stereocenters. The molecule has 1 rings (SSSR count). The summed E-state index contributed by atoms with van der Waals surface area (Å²) in [4.78, 5) is 0. The average molecular weight is 277 g/mol. The van der Waals surface area contributed by atoms with Crippen molar-refractivity contribution < 1.29 is 13.2 Å². The molecule has 1 saturated carbocycles. The molecule has 0 aliphatic heterocycles. The third-order valence-electron chi connectivity index (χ3n) is 3.91. The minimum atomic E-state index is -2.90. The molecule has 1 fully saturated rings. The molecular formula is C13H27NO3S. The van der Waals surface area contributed by atoms with Crippen molar-refractivity contribution in [2.75, 3.05) is 25.7 Å². The van der Waals surface area contributed by atoms with Crippen molar-refractivity contribution in [2.24, 2.45) is 0 Å². The summed E-state index contributed by atoms with van der Waals surface area (Å²) in [7, 11) is -1.15. The predicted molar refractivity (Wildman–Crippen MR) is 74.6 cm³/mol. The van der Waals surface area contributed by atoms with E-state index in [0.29, 0.717) is 6.42 Å². The van der Waals surface area contributed by atoms with Crippen molar-refractivity contribution in [3.05, 3.63) is 0 Å². The van der Waals surface area contributed by atoms with Crippen LogP contribution in [0.2, 0.25) is 0 Å². The highest BCUT2D eigenvalue weighted by atomic mass is 32.2. The van der Waals surface area contributed by atoms with Gasteiger partial charge in [-0.05, 0) is 32.2 Å². The molecule has 0 aromatic rings. The highest BCUT2D eigenvalue weighted by Gasteiger charge is 2.41. The second-order valence-corrected chi connectivity index (χ2v) is 7.66. The van der Waals surface area contributed by atoms with Gasteiger partial charge < -0.3 is 10.1 Å². The van der Waals surface area contributed by atoms with Crippen molar-refractivity contribution in [1.82, 2.24) is 5.32 Å². The van der Waals surface area contributed by atoms with Gasteiger partial charge in [0.1, 0.15) is 9.84 Å². The molecular weight excluding hydrogens is 250 g/mol. The maximum Gasteiger partial charge on any atom is 0.147 e. The van der Waals surface area contributed by atoms with Gasteiger partial charge in [0, 0.05) is 19.4 Å². The van der Waals surface area contributed by atoms with Gasteiger partial charge in [-0.2, -0.15) is 0 Å². The highest BCUT2D eigenvalue weighted by Crippen LogP contribution is 2.36. The number of nitrogens with one attached hydrogen (secondary N) is 1. The molecule has 1 aliphatic carbocycles. The molecule has 5 heteroatoms. The van der Waals surface area contributed by atoms with Crippen molar-refractivity contribution in [3.63, 3.8) is 0 Å². The van der Waals surface area contributed by atoms with Crippen LogP contribution in [0.25, 0.3) is 0 Å². The first kappa shape index (κ1) is 15.9. The fraction of sp³-hybridized carbons (Fsp3) is 1.00. The van der Waals surface area contributed by atoms with Crippen molar-refractivity contribution >= 4 is 9.84 Å². The second kappa shape index (κ2) is 6.87. The van der Waals surface area contributed by atoms with E-state index < -0.39 is 9.84 Å². The summed E-state index contributed by atoms with van der Waals surface area (Å²) in [5, 5.41) is 3.49. The summed E-state index contributed by atoms with van der Waals surface area (Å²) in [5.74, 6) is 0.236. The van der Waals surface area contributed by atoms with E-state index >= 15 is 0 Å². The fourth-order valence-electron chi connectivity index (χ4n) is 2.87. The molecule has 0 bridgehead atoms. The van der Waals surface area contributed by atoms with Crippen molar-refractivity contribution in [3.8, 4) is 0 Å². The average Bonchev–Trinajstić information content (AvgIpc) is 2.77. The number of hydrogen-bond acceptors (Lipinski definition) is 4. The van der Waals surface area contributed by atoms with E-state index in [0.717, 1.165) is 25.8 Å². The lowest BCUT2D eigenvalue weighted by atomic mass is 9.90. The zero-order chi connectivity index (χ0) is 13.6. The quantitative estimate of drug-likeness (QED) is 0.734. The van der Waals surface area contributed by atoms with Crippen LogP contribution in [0.15, 0.2) is 0 Å². The third-order valence-corrected chi connectivity index (χ3v) is 4.89. The molecule has 4 nitrogen and oxygen atoms in total. The Hall–Kier alpha value is -0.130. The highest BCUT2D eigenvalue weighted by molar-refractivity contribution is 7.90. The molecule has 0 aromatic heterocycles.